The predicted octanol–water partition coefficient (Wildman–Crippen LogP) is 3.15. The first-order chi connectivity index (χ1) is 13.5. The largest absolute Gasteiger partial charge is 0.401 e. The van der Waals surface area contributed by atoms with E-state index in [4.69, 9.17) is 11.6 Å². The average molecular weight is 377 g/mol. The molecule has 3 rings (SSSR count). The molecular formula is C22H28N6. The van der Waals surface area contributed by atoms with E-state index < -0.39 is 0 Å². The number of hydrogen-bond acceptors (Lipinski definition) is 6. The third kappa shape index (κ3) is 4.17. The number of hydrazone groups is 1. The molecule has 0 radical (unpaired) electrons. The van der Waals surface area contributed by atoms with Crippen LogP contribution in [0.25, 0.3) is 5.70 Å². The maximum atomic E-state index is 6.17. The SMILES string of the molecule is CN=CC(=NN)c1ccc2c(c1)C(Nc1ccc(C)cc1)CCN/C2=C(/C)N. The highest BCUT2D eigenvalue weighted by atomic mass is 15.1. The van der Waals surface area contributed by atoms with Gasteiger partial charge in [-0.15, -0.1) is 0 Å². The van der Waals surface area contributed by atoms with Crippen LogP contribution in [0.4, 0.5) is 5.69 Å². The fourth-order valence-electron chi connectivity index (χ4n) is 3.49. The number of aryl methyl sites for hydroxylation is 1. The Labute approximate surface area is 166 Å². The number of rotatable bonds is 4. The van der Waals surface area contributed by atoms with E-state index in [1.165, 1.54) is 5.56 Å². The summed E-state index contributed by atoms with van der Waals surface area (Å²) in [7, 11) is 1.71. The van der Waals surface area contributed by atoms with Crippen molar-refractivity contribution in [2.45, 2.75) is 26.3 Å². The molecule has 1 atom stereocenters. The van der Waals surface area contributed by atoms with E-state index in [1.807, 2.05) is 13.0 Å². The molecule has 0 fully saturated rings. The average Bonchev–Trinajstić information content (AvgIpc) is 2.87. The molecule has 0 amide bonds. The molecule has 28 heavy (non-hydrogen) atoms. The monoisotopic (exact) mass is 376 g/mol. The van der Waals surface area contributed by atoms with Crippen molar-refractivity contribution >= 4 is 23.3 Å². The van der Waals surface area contributed by atoms with E-state index >= 15 is 0 Å². The normalized spacial score (nSPS) is 19.0. The topological polar surface area (TPSA) is 101 Å². The Morgan fingerprint density at radius 3 is 2.61 bits per heavy atom. The summed E-state index contributed by atoms with van der Waals surface area (Å²) in [5.41, 5.74) is 14.1. The highest BCUT2D eigenvalue weighted by molar-refractivity contribution is 6.38. The van der Waals surface area contributed by atoms with Crippen LogP contribution in [0.15, 0.2) is 58.3 Å². The number of hydrogen-bond donors (Lipinski definition) is 4. The molecule has 0 aliphatic carbocycles. The molecule has 0 aromatic heterocycles. The van der Waals surface area contributed by atoms with E-state index in [-0.39, 0.29) is 6.04 Å². The van der Waals surface area contributed by atoms with E-state index in [0.717, 1.165) is 46.7 Å². The van der Waals surface area contributed by atoms with E-state index in [0.29, 0.717) is 5.71 Å². The maximum Gasteiger partial charge on any atom is 0.108 e. The first kappa shape index (κ1) is 19.5. The Kier molecular flexibility index (Phi) is 5.99. The summed E-state index contributed by atoms with van der Waals surface area (Å²) < 4.78 is 0. The molecule has 1 aliphatic rings. The van der Waals surface area contributed by atoms with Gasteiger partial charge < -0.3 is 22.2 Å². The molecule has 1 aliphatic heterocycles. The minimum Gasteiger partial charge on any atom is -0.401 e. The van der Waals surface area contributed by atoms with E-state index in [1.54, 1.807) is 13.3 Å². The van der Waals surface area contributed by atoms with Gasteiger partial charge in [0.25, 0.3) is 0 Å². The molecular weight excluding hydrogens is 348 g/mol. The zero-order valence-electron chi connectivity index (χ0n) is 16.7. The number of benzene rings is 2. The Morgan fingerprint density at radius 1 is 1.21 bits per heavy atom. The van der Waals surface area contributed by atoms with Gasteiger partial charge in [0.2, 0.25) is 0 Å². The van der Waals surface area contributed by atoms with Crippen molar-refractivity contribution in [3.63, 3.8) is 0 Å². The lowest BCUT2D eigenvalue weighted by Crippen LogP contribution is -2.16. The van der Waals surface area contributed by atoms with Crippen LogP contribution in [0.3, 0.4) is 0 Å². The smallest absolute Gasteiger partial charge is 0.108 e. The number of nitrogens with one attached hydrogen (secondary N) is 2. The first-order valence-corrected chi connectivity index (χ1v) is 9.41. The van der Waals surface area contributed by atoms with Crippen molar-refractivity contribution in [3.05, 3.63) is 70.4 Å². The maximum absolute atomic E-state index is 6.17. The molecule has 0 saturated carbocycles. The summed E-state index contributed by atoms with van der Waals surface area (Å²) in [5, 5.41) is 11.0. The Hall–Kier alpha value is -3.28. The van der Waals surface area contributed by atoms with Gasteiger partial charge in [0, 0.05) is 42.3 Å². The summed E-state index contributed by atoms with van der Waals surface area (Å²) >= 11 is 0. The van der Waals surface area contributed by atoms with Gasteiger partial charge in [-0.2, -0.15) is 5.10 Å². The van der Waals surface area contributed by atoms with Crippen molar-refractivity contribution in [2.75, 3.05) is 18.9 Å². The molecule has 0 spiro atoms. The minimum absolute atomic E-state index is 0.125. The van der Waals surface area contributed by atoms with Crippen LogP contribution in [0.1, 0.15) is 41.6 Å². The second-order valence-electron chi connectivity index (χ2n) is 7.04. The predicted molar refractivity (Wildman–Crippen MR) is 119 cm³/mol. The molecule has 2 aromatic carbocycles. The number of aliphatic imine (C=N–C) groups is 1. The van der Waals surface area contributed by atoms with Gasteiger partial charge in [0.1, 0.15) is 5.71 Å². The van der Waals surface area contributed by atoms with Gasteiger partial charge in [-0.1, -0.05) is 29.8 Å². The van der Waals surface area contributed by atoms with Gasteiger partial charge in [-0.05, 0) is 44.0 Å². The summed E-state index contributed by atoms with van der Waals surface area (Å²) in [6, 6.07) is 14.8. The Bertz CT molecular complexity index is 921. The Morgan fingerprint density at radius 2 is 1.96 bits per heavy atom. The minimum atomic E-state index is 0.125. The van der Waals surface area contributed by atoms with Gasteiger partial charge in [-0.3, -0.25) is 4.99 Å². The van der Waals surface area contributed by atoms with Crippen LogP contribution in [0.5, 0.6) is 0 Å². The second-order valence-corrected chi connectivity index (χ2v) is 7.04. The molecule has 6 nitrogen and oxygen atoms in total. The van der Waals surface area contributed by atoms with E-state index in [2.05, 4.69) is 64.0 Å². The van der Waals surface area contributed by atoms with Crippen molar-refractivity contribution in [1.29, 1.82) is 0 Å². The quantitative estimate of drug-likeness (QED) is 0.374. The number of fused-ring (bicyclic) bond motifs is 1. The summed E-state index contributed by atoms with van der Waals surface area (Å²) in [6.07, 6.45) is 2.59. The summed E-state index contributed by atoms with van der Waals surface area (Å²) in [6.45, 7) is 4.83. The Balaban J connectivity index is 2.09. The third-order valence-corrected chi connectivity index (χ3v) is 4.90. The molecule has 1 heterocycles. The zero-order chi connectivity index (χ0) is 20.1. The number of allylic oxidation sites excluding steroid dienone is 1. The molecule has 6 N–H and O–H groups in total. The van der Waals surface area contributed by atoms with Crippen molar-refractivity contribution in [3.8, 4) is 0 Å². The molecule has 146 valence electrons. The fraction of sp³-hybridized carbons (Fsp3) is 0.273. The van der Waals surface area contributed by atoms with Gasteiger partial charge >= 0.3 is 0 Å². The van der Waals surface area contributed by atoms with Crippen LogP contribution in [0, 0.1) is 6.92 Å². The molecule has 1 unspecified atom stereocenters. The zero-order valence-corrected chi connectivity index (χ0v) is 16.7. The highest BCUT2D eigenvalue weighted by Crippen LogP contribution is 2.33. The third-order valence-electron chi connectivity index (χ3n) is 4.90. The van der Waals surface area contributed by atoms with Crippen LogP contribution in [0.2, 0.25) is 0 Å². The number of nitrogens with zero attached hydrogens (tertiary/aromatic N) is 2. The van der Waals surface area contributed by atoms with Crippen molar-refractivity contribution < 1.29 is 0 Å². The number of anilines is 1. The van der Waals surface area contributed by atoms with Gasteiger partial charge in [-0.25, -0.2) is 0 Å². The molecule has 6 heteroatoms. The van der Waals surface area contributed by atoms with Crippen LogP contribution < -0.4 is 22.2 Å². The standard InChI is InChI=1S/C22H28N6/c1-14-4-7-17(8-5-14)27-20-10-11-26-22(15(2)23)18-9-6-16(12-19(18)20)21(28-24)13-25-3/h4-9,12-13,20,26-27H,10-11,23-24H2,1-3H3/b22-15-,25-13?,28-21?. The molecule has 0 bridgehead atoms. The lowest BCUT2D eigenvalue weighted by molar-refractivity contribution is 0.682. The van der Waals surface area contributed by atoms with E-state index in [9.17, 15) is 0 Å². The highest BCUT2D eigenvalue weighted by Gasteiger charge is 2.23. The van der Waals surface area contributed by atoms with Gasteiger partial charge in [0.15, 0.2) is 0 Å². The lowest BCUT2D eigenvalue weighted by Gasteiger charge is -2.21. The van der Waals surface area contributed by atoms with Crippen LogP contribution in [-0.2, 0) is 0 Å². The van der Waals surface area contributed by atoms with Crippen LogP contribution in [-0.4, -0.2) is 25.5 Å². The molecule has 0 saturated heterocycles. The summed E-state index contributed by atoms with van der Waals surface area (Å²) in [4.78, 5) is 4.06. The first-order valence-electron chi connectivity index (χ1n) is 9.41. The van der Waals surface area contributed by atoms with Crippen molar-refractivity contribution in [1.82, 2.24) is 5.32 Å². The lowest BCUT2D eigenvalue weighted by atomic mass is 9.93. The fourth-order valence-corrected chi connectivity index (χ4v) is 3.49. The second kappa shape index (κ2) is 8.61. The van der Waals surface area contributed by atoms with Crippen molar-refractivity contribution in [2.24, 2.45) is 21.7 Å². The van der Waals surface area contributed by atoms with Gasteiger partial charge in [0.05, 0.1) is 11.7 Å². The summed E-state index contributed by atoms with van der Waals surface area (Å²) in [5.74, 6) is 5.59. The molecule has 2 aromatic rings. The van der Waals surface area contributed by atoms with Crippen LogP contribution >= 0.6 is 0 Å². The number of nitrogens with two attached hydrogens (primary N) is 2.